The second-order valence-corrected chi connectivity index (χ2v) is 3.42. The van der Waals surface area contributed by atoms with Gasteiger partial charge < -0.3 is 5.11 Å². The van der Waals surface area contributed by atoms with Crippen molar-refractivity contribution in [1.82, 2.24) is 0 Å². The first-order valence-corrected chi connectivity index (χ1v) is 4.64. The Labute approximate surface area is 86.9 Å². The fourth-order valence-corrected chi connectivity index (χ4v) is 1.67. The summed E-state index contributed by atoms with van der Waals surface area (Å²) in [6, 6.07) is 3.24. The summed E-state index contributed by atoms with van der Waals surface area (Å²) in [5.74, 6) is -1.03. The highest BCUT2D eigenvalue weighted by atomic mass is 35.5. The van der Waals surface area contributed by atoms with Crippen LogP contribution in [-0.4, -0.2) is 11.1 Å². The van der Waals surface area contributed by atoms with Gasteiger partial charge in [-0.1, -0.05) is 24.6 Å². The molecule has 0 aliphatic heterocycles. The fraction of sp³-hybridized carbons (Fsp3) is 0.222. The summed E-state index contributed by atoms with van der Waals surface area (Å²) >= 11 is 9.98. The van der Waals surface area contributed by atoms with Crippen LogP contribution in [0.1, 0.15) is 22.8 Å². The first-order valence-electron chi connectivity index (χ1n) is 3.81. The van der Waals surface area contributed by atoms with Gasteiger partial charge in [0.1, 0.15) is 0 Å². The Balaban J connectivity index is 3.31. The molecule has 0 amide bonds. The standard InChI is InChI=1S/C9H9ClO2S/c1-2-5-3-4-6(9(11)12)7(10)8(5)13/h3-4,13H,2H2,1H3,(H,11,12). The lowest BCUT2D eigenvalue weighted by Crippen LogP contribution is -1.99. The molecular weight excluding hydrogens is 208 g/mol. The largest absolute Gasteiger partial charge is 0.478 e. The quantitative estimate of drug-likeness (QED) is 0.746. The average Bonchev–Trinajstić information content (AvgIpc) is 2.09. The minimum atomic E-state index is -1.03. The molecule has 0 aliphatic rings. The van der Waals surface area contributed by atoms with Gasteiger partial charge in [0.15, 0.2) is 0 Å². The smallest absolute Gasteiger partial charge is 0.337 e. The van der Waals surface area contributed by atoms with Gasteiger partial charge in [0, 0.05) is 4.90 Å². The van der Waals surface area contributed by atoms with Crippen LogP contribution in [0.4, 0.5) is 0 Å². The van der Waals surface area contributed by atoms with Crippen LogP contribution in [0.3, 0.4) is 0 Å². The van der Waals surface area contributed by atoms with Crippen molar-refractivity contribution in [3.63, 3.8) is 0 Å². The van der Waals surface area contributed by atoms with E-state index < -0.39 is 5.97 Å². The van der Waals surface area contributed by atoms with E-state index in [1.165, 1.54) is 6.07 Å². The van der Waals surface area contributed by atoms with Crippen molar-refractivity contribution in [2.75, 3.05) is 0 Å². The lowest BCUT2D eigenvalue weighted by atomic mass is 10.1. The summed E-state index contributed by atoms with van der Waals surface area (Å²) in [6.07, 6.45) is 0.790. The van der Waals surface area contributed by atoms with Crippen molar-refractivity contribution < 1.29 is 9.90 Å². The molecule has 0 bridgehead atoms. The summed E-state index contributed by atoms with van der Waals surface area (Å²) in [5, 5.41) is 8.95. The summed E-state index contributed by atoms with van der Waals surface area (Å²) in [7, 11) is 0. The molecule has 0 heterocycles. The van der Waals surface area contributed by atoms with Gasteiger partial charge in [0.05, 0.1) is 10.6 Å². The lowest BCUT2D eigenvalue weighted by Gasteiger charge is -2.06. The number of carboxylic acids is 1. The predicted octanol–water partition coefficient (Wildman–Crippen LogP) is 2.89. The molecule has 0 unspecified atom stereocenters. The number of carboxylic acid groups (broad SMARTS) is 1. The number of aryl methyl sites for hydroxylation is 1. The lowest BCUT2D eigenvalue weighted by molar-refractivity contribution is 0.0697. The van der Waals surface area contributed by atoms with Crippen LogP contribution < -0.4 is 0 Å². The van der Waals surface area contributed by atoms with Crippen molar-refractivity contribution >= 4 is 30.2 Å². The normalized spacial score (nSPS) is 10.1. The molecule has 0 saturated carbocycles. The van der Waals surface area contributed by atoms with Crippen LogP contribution in [0.15, 0.2) is 17.0 Å². The Morgan fingerprint density at radius 3 is 2.69 bits per heavy atom. The van der Waals surface area contributed by atoms with Crippen molar-refractivity contribution in [1.29, 1.82) is 0 Å². The molecule has 4 heteroatoms. The monoisotopic (exact) mass is 216 g/mol. The van der Waals surface area contributed by atoms with Crippen LogP contribution in [0.5, 0.6) is 0 Å². The molecule has 0 radical (unpaired) electrons. The van der Waals surface area contributed by atoms with E-state index >= 15 is 0 Å². The van der Waals surface area contributed by atoms with Gasteiger partial charge in [-0.25, -0.2) is 4.79 Å². The average molecular weight is 217 g/mol. The van der Waals surface area contributed by atoms with Crippen LogP contribution in [0.25, 0.3) is 0 Å². The zero-order chi connectivity index (χ0) is 10.0. The topological polar surface area (TPSA) is 37.3 Å². The fourth-order valence-electron chi connectivity index (χ4n) is 1.06. The molecular formula is C9H9ClO2S. The van der Waals surface area contributed by atoms with Crippen molar-refractivity contribution in [3.8, 4) is 0 Å². The second-order valence-electron chi connectivity index (χ2n) is 2.59. The van der Waals surface area contributed by atoms with Gasteiger partial charge in [-0.15, -0.1) is 12.6 Å². The van der Waals surface area contributed by atoms with Gasteiger partial charge >= 0.3 is 5.97 Å². The van der Waals surface area contributed by atoms with E-state index in [1.54, 1.807) is 6.07 Å². The van der Waals surface area contributed by atoms with Gasteiger partial charge in [0.25, 0.3) is 0 Å². The molecule has 70 valence electrons. The zero-order valence-corrected chi connectivity index (χ0v) is 8.69. The van der Waals surface area contributed by atoms with E-state index in [9.17, 15) is 4.79 Å². The Morgan fingerprint density at radius 1 is 1.62 bits per heavy atom. The van der Waals surface area contributed by atoms with Crippen LogP contribution in [-0.2, 0) is 6.42 Å². The predicted molar refractivity (Wildman–Crippen MR) is 55.0 cm³/mol. The molecule has 2 nitrogen and oxygen atoms in total. The van der Waals surface area contributed by atoms with Gasteiger partial charge in [0.2, 0.25) is 0 Å². The van der Waals surface area contributed by atoms with E-state index in [4.69, 9.17) is 16.7 Å². The molecule has 0 atom stereocenters. The molecule has 13 heavy (non-hydrogen) atoms. The Morgan fingerprint density at radius 2 is 2.23 bits per heavy atom. The van der Waals surface area contributed by atoms with Crippen molar-refractivity contribution in [2.45, 2.75) is 18.2 Å². The SMILES string of the molecule is CCc1ccc(C(=O)O)c(Cl)c1S. The molecule has 1 rings (SSSR count). The van der Waals surface area contributed by atoms with Crippen molar-refractivity contribution in [3.05, 3.63) is 28.3 Å². The molecule has 1 aromatic rings. The summed E-state index contributed by atoms with van der Waals surface area (Å²) in [6.45, 7) is 1.96. The Bertz CT molecular complexity index is 350. The second kappa shape index (κ2) is 4.03. The third-order valence-corrected chi connectivity index (χ3v) is 2.85. The molecule has 0 spiro atoms. The number of rotatable bonds is 2. The number of thiol groups is 1. The van der Waals surface area contributed by atoms with E-state index in [2.05, 4.69) is 12.6 Å². The highest BCUT2D eigenvalue weighted by molar-refractivity contribution is 7.80. The third-order valence-electron chi connectivity index (χ3n) is 1.81. The first kappa shape index (κ1) is 10.4. The summed E-state index contributed by atoms with van der Waals surface area (Å²) < 4.78 is 0. The van der Waals surface area contributed by atoms with Crippen LogP contribution in [0, 0.1) is 0 Å². The summed E-state index contributed by atoms with van der Waals surface area (Å²) in [5.41, 5.74) is 1.06. The maximum Gasteiger partial charge on any atom is 0.337 e. The third kappa shape index (κ3) is 1.98. The minimum absolute atomic E-state index is 0.101. The molecule has 1 aromatic carbocycles. The molecule has 0 saturated heterocycles. The highest BCUT2D eigenvalue weighted by Crippen LogP contribution is 2.28. The molecule has 0 fully saturated rings. The van der Waals surface area contributed by atoms with E-state index in [-0.39, 0.29) is 10.6 Å². The summed E-state index contributed by atoms with van der Waals surface area (Å²) in [4.78, 5) is 11.2. The number of aromatic carboxylic acids is 1. The van der Waals surface area contributed by atoms with Crippen LogP contribution in [0.2, 0.25) is 5.02 Å². The molecule has 0 aromatic heterocycles. The number of benzene rings is 1. The number of halogens is 1. The first-order chi connectivity index (χ1) is 6.07. The maximum absolute atomic E-state index is 10.7. The van der Waals surface area contributed by atoms with Crippen molar-refractivity contribution in [2.24, 2.45) is 0 Å². The maximum atomic E-state index is 10.7. The van der Waals surface area contributed by atoms with E-state index in [0.717, 1.165) is 12.0 Å². The Hall–Kier alpha value is -0.670. The van der Waals surface area contributed by atoms with E-state index in [0.29, 0.717) is 4.90 Å². The van der Waals surface area contributed by atoms with Gasteiger partial charge in [-0.05, 0) is 18.1 Å². The highest BCUT2D eigenvalue weighted by Gasteiger charge is 2.12. The minimum Gasteiger partial charge on any atom is -0.478 e. The molecule has 0 aliphatic carbocycles. The number of carbonyl (C=O) groups is 1. The zero-order valence-electron chi connectivity index (χ0n) is 7.04. The molecule has 1 N–H and O–H groups in total. The van der Waals surface area contributed by atoms with Gasteiger partial charge in [-0.2, -0.15) is 0 Å². The van der Waals surface area contributed by atoms with E-state index in [1.807, 2.05) is 6.92 Å². The van der Waals surface area contributed by atoms with Gasteiger partial charge in [-0.3, -0.25) is 0 Å². The Kier molecular flexibility index (Phi) is 3.22. The number of hydrogen-bond acceptors (Lipinski definition) is 2. The number of hydrogen-bond donors (Lipinski definition) is 2. The van der Waals surface area contributed by atoms with Crippen LogP contribution >= 0.6 is 24.2 Å².